The Bertz CT molecular complexity index is 1090. The fraction of sp³-hybridized carbons (Fsp3) is 0.125. The molecule has 0 aliphatic rings. The van der Waals surface area contributed by atoms with Crippen molar-refractivity contribution in [1.82, 2.24) is 10.9 Å². The Balaban J connectivity index is 1.41. The highest BCUT2D eigenvalue weighted by atomic mass is 35.5. The molecule has 0 aliphatic carbocycles. The Hall–Kier alpha value is -4.04. The zero-order valence-electron chi connectivity index (χ0n) is 17.5. The van der Waals surface area contributed by atoms with Crippen molar-refractivity contribution in [1.29, 1.82) is 0 Å². The van der Waals surface area contributed by atoms with Crippen LogP contribution >= 0.6 is 11.6 Å². The molecular weight excluding hydrogens is 448 g/mol. The summed E-state index contributed by atoms with van der Waals surface area (Å²) < 4.78 is 16.0. The quantitative estimate of drug-likeness (QED) is 0.369. The van der Waals surface area contributed by atoms with Gasteiger partial charge in [-0.3, -0.25) is 20.4 Å². The summed E-state index contributed by atoms with van der Waals surface area (Å²) in [6, 6.07) is 22.5. The van der Waals surface area contributed by atoms with Gasteiger partial charge in [-0.2, -0.15) is 0 Å². The first-order valence-electron chi connectivity index (χ1n) is 9.90. The van der Waals surface area contributed by atoms with E-state index in [-0.39, 0.29) is 18.8 Å². The lowest BCUT2D eigenvalue weighted by atomic mass is 10.2. The van der Waals surface area contributed by atoms with Crippen LogP contribution in [-0.2, 0) is 20.9 Å². The average molecular weight is 469 g/mol. The second kappa shape index (κ2) is 12.1. The maximum atomic E-state index is 12.4. The van der Waals surface area contributed by atoms with Crippen LogP contribution in [0, 0.1) is 0 Å². The summed E-state index contributed by atoms with van der Waals surface area (Å²) in [5, 5.41) is 0.541. The van der Waals surface area contributed by atoms with Crippen LogP contribution in [0.15, 0.2) is 78.9 Å². The van der Waals surface area contributed by atoms with Gasteiger partial charge >= 0.3 is 5.97 Å². The van der Waals surface area contributed by atoms with E-state index in [1.807, 2.05) is 30.3 Å². The number of ether oxygens (including phenoxy) is 3. The minimum Gasteiger partial charge on any atom is -0.488 e. The zero-order valence-corrected chi connectivity index (χ0v) is 18.2. The predicted molar refractivity (Wildman–Crippen MR) is 121 cm³/mol. The molecule has 0 aromatic heterocycles. The van der Waals surface area contributed by atoms with E-state index in [9.17, 15) is 14.4 Å². The number of hydrazine groups is 1. The maximum Gasteiger partial charge on any atom is 0.342 e. The first-order valence-corrected chi connectivity index (χ1v) is 10.3. The summed E-state index contributed by atoms with van der Waals surface area (Å²) in [7, 11) is 0. The number of para-hydroxylation sites is 1. The fourth-order valence-corrected chi connectivity index (χ4v) is 2.72. The molecule has 0 heterocycles. The van der Waals surface area contributed by atoms with E-state index in [0.717, 1.165) is 5.56 Å². The third-order valence-corrected chi connectivity index (χ3v) is 4.46. The third-order valence-electron chi connectivity index (χ3n) is 4.20. The number of benzene rings is 3. The lowest BCUT2D eigenvalue weighted by Gasteiger charge is -2.12. The summed E-state index contributed by atoms with van der Waals surface area (Å²) in [5.74, 6) is -1.26. The number of hydrogen-bond donors (Lipinski definition) is 2. The Morgan fingerprint density at radius 3 is 2.09 bits per heavy atom. The summed E-state index contributed by atoms with van der Waals surface area (Å²) in [5.41, 5.74) is 5.44. The molecule has 0 unspecified atom stereocenters. The Labute approximate surface area is 195 Å². The van der Waals surface area contributed by atoms with Crippen LogP contribution in [0.1, 0.15) is 15.9 Å². The molecule has 3 aromatic rings. The Morgan fingerprint density at radius 2 is 1.36 bits per heavy atom. The van der Waals surface area contributed by atoms with Gasteiger partial charge in [-0.15, -0.1) is 0 Å². The van der Waals surface area contributed by atoms with Crippen molar-refractivity contribution in [3.63, 3.8) is 0 Å². The van der Waals surface area contributed by atoms with Crippen LogP contribution in [0.25, 0.3) is 0 Å². The first kappa shape index (κ1) is 23.6. The molecule has 3 aromatic carbocycles. The van der Waals surface area contributed by atoms with Gasteiger partial charge in [0.05, 0.1) is 0 Å². The molecule has 0 bridgehead atoms. The normalized spacial score (nSPS) is 10.1. The SMILES string of the molecule is O=C(COC(=O)c1ccccc1OCc1ccccc1)NNC(=O)COc1ccc(Cl)cc1. The molecule has 2 N–H and O–H groups in total. The molecule has 33 heavy (non-hydrogen) atoms. The molecule has 0 saturated carbocycles. The van der Waals surface area contributed by atoms with Gasteiger partial charge in [-0.05, 0) is 42.0 Å². The molecule has 8 nitrogen and oxygen atoms in total. The van der Waals surface area contributed by atoms with Crippen LogP contribution in [0.5, 0.6) is 11.5 Å². The fourth-order valence-electron chi connectivity index (χ4n) is 2.60. The van der Waals surface area contributed by atoms with Crippen molar-refractivity contribution in [3.8, 4) is 11.5 Å². The predicted octanol–water partition coefficient (Wildman–Crippen LogP) is 3.30. The number of halogens is 1. The van der Waals surface area contributed by atoms with Crippen LogP contribution in [0.3, 0.4) is 0 Å². The molecular formula is C24H21ClN2O6. The largest absolute Gasteiger partial charge is 0.488 e. The van der Waals surface area contributed by atoms with Crippen molar-refractivity contribution in [3.05, 3.63) is 95.0 Å². The van der Waals surface area contributed by atoms with Crippen LogP contribution in [-0.4, -0.2) is 31.0 Å². The highest BCUT2D eigenvalue weighted by Gasteiger charge is 2.16. The number of rotatable bonds is 9. The molecule has 0 spiro atoms. The van der Waals surface area contributed by atoms with Gasteiger partial charge in [0.1, 0.15) is 23.7 Å². The summed E-state index contributed by atoms with van der Waals surface area (Å²) in [6.45, 7) is -0.645. The molecule has 9 heteroatoms. The van der Waals surface area contributed by atoms with Crippen LogP contribution in [0.2, 0.25) is 5.02 Å². The summed E-state index contributed by atoms with van der Waals surface area (Å²) >= 11 is 5.77. The average Bonchev–Trinajstić information content (AvgIpc) is 2.85. The van der Waals surface area contributed by atoms with Gasteiger partial charge in [-0.1, -0.05) is 54.1 Å². The van der Waals surface area contributed by atoms with E-state index >= 15 is 0 Å². The molecule has 0 radical (unpaired) electrons. The van der Waals surface area contributed by atoms with E-state index in [4.69, 9.17) is 25.8 Å². The highest BCUT2D eigenvalue weighted by molar-refractivity contribution is 6.30. The molecule has 0 aliphatic heterocycles. The third kappa shape index (κ3) is 7.86. The summed E-state index contributed by atoms with van der Waals surface area (Å²) in [6.07, 6.45) is 0. The molecule has 170 valence electrons. The van der Waals surface area contributed by atoms with Crippen molar-refractivity contribution in [2.45, 2.75) is 6.61 Å². The lowest BCUT2D eigenvalue weighted by Crippen LogP contribution is -2.45. The highest BCUT2D eigenvalue weighted by Crippen LogP contribution is 2.20. The number of esters is 1. The van der Waals surface area contributed by atoms with Gasteiger partial charge in [-0.25, -0.2) is 4.79 Å². The van der Waals surface area contributed by atoms with Gasteiger partial charge in [0, 0.05) is 5.02 Å². The zero-order chi connectivity index (χ0) is 23.5. The van der Waals surface area contributed by atoms with Crippen LogP contribution < -0.4 is 20.3 Å². The minimum atomic E-state index is -0.730. The summed E-state index contributed by atoms with van der Waals surface area (Å²) in [4.78, 5) is 36.1. The first-order chi connectivity index (χ1) is 16.0. The number of carbonyl (C=O) groups excluding carboxylic acids is 3. The lowest BCUT2D eigenvalue weighted by molar-refractivity contribution is -0.131. The minimum absolute atomic E-state index is 0.182. The van der Waals surface area contributed by atoms with Gasteiger partial charge < -0.3 is 14.2 Å². The maximum absolute atomic E-state index is 12.4. The number of carbonyl (C=O) groups is 3. The second-order valence-electron chi connectivity index (χ2n) is 6.69. The Kier molecular flexibility index (Phi) is 8.67. The molecule has 2 amide bonds. The molecule has 3 rings (SSSR count). The van der Waals surface area contributed by atoms with Gasteiger partial charge in [0.2, 0.25) is 0 Å². The van der Waals surface area contributed by atoms with Crippen molar-refractivity contribution in [2.75, 3.05) is 13.2 Å². The van der Waals surface area contributed by atoms with Crippen LogP contribution in [0.4, 0.5) is 0 Å². The monoisotopic (exact) mass is 468 g/mol. The van der Waals surface area contributed by atoms with E-state index in [0.29, 0.717) is 16.5 Å². The standard InChI is InChI=1S/C24H21ClN2O6/c25-18-10-12-19(13-11-18)31-15-22(28)26-27-23(29)16-33-24(30)20-8-4-5-9-21(20)32-14-17-6-2-1-3-7-17/h1-13H,14-16H2,(H,26,28)(H,27,29). The van der Waals surface area contributed by atoms with Crippen molar-refractivity contribution in [2.24, 2.45) is 0 Å². The molecule has 0 saturated heterocycles. The van der Waals surface area contributed by atoms with Crippen molar-refractivity contribution < 1.29 is 28.6 Å². The van der Waals surface area contributed by atoms with Crippen molar-refractivity contribution >= 4 is 29.4 Å². The van der Waals surface area contributed by atoms with E-state index in [2.05, 4.69) is 10.9 Å². The van der Waals surface area contributed by atoms with E-state index in [1.54, 1.807) is 42.5 Å². The number of hydrogen-bond acceptors (Lipinski definition) is 6. The topological polar surface area (TPSA) is 103 Å². The molecule has 0 fully saturated rings. The van der Waals surface area contributed by atoms with Gasteiger partial charge in [0.25, 0.3) is 11.8 Å². The van der Waals surface area contributed by atoms with E-state index in [1.165, 1.54) is 6.07 Å². The number of amides is 2. The van der Waals surface area contributed by atoms with Gasteiger partial charge in [0.15, 0.2) is 13.2 Å². The van der Waals surface area contributed by atoms with E-state index < -0.39 is 24.4 Å². The molecule has 0 atom stereocenters. The number of nitrogens with one attached hydrogen (secondary N) is 2. The second-order valence-corrected chi connectivity index (χ2v) is 7.12. The smallest absolute Gasteiger partial charge is 0.342 e. The Morgan fingerprint density at radius 1 is 0.727 bits per heavy atom.